The first-order valence-electron chi connectivity index (χ1n) is 15.4. The number of carbonyl (C=O) groups is 1. The minimum atomic E-state index is -3.85. The summed E-state index contributed by atoms with van der Waals surface area (Å²) < 4.78 is 25.1. The molecule has 1 aliphatic carbocycles. The van der Waals surface area contributed by atoms with Gasteiger partial charge < -0.3 is 10.6 Å². The second kappa shape index (κ2) is 14.0. The van der Waals surface area contributed by atoms with Crippen molar-refractivity contribution in [2.24, 2.45) is 12.2 Å². The highest BCUT2D eigenvalue weighted by molar-refractivity contribution is 7.89. The molecule has 1 aliphatic rings. The molecule has 3 heterocycles. The largest absolute Gasteiger partial charge is 0.351 e. The number of anilines is 2. The van der Waals surface area contributed by atoms with Gasteiger partial charge in [-0.2, -0.15) is 10.4 Å². The van der Waals surface area contributed by atoms with Gasteiger partial charge in [0.05, 0.1) is 28.5 Å². The van der Waals surface area contributed by atoms with Crippen LogP contribution in [0.4, 0.5) is 16.6 Å². The fourth-order valence-corrected chi connectivity index (χ4v) is 6.32. The maximum atomic E-state index is 13.7. The summed E-state index contributed by atoms with van der Waals surface area (Å²) in [5.74, 6) is 0.922. The summed E-state index contributed by atoms with van der Waals surface area (Å²) in [4.78, 5) is 29.1. The number of rotatable bonds is 9. The topological polar surface area (TPSA) is 185 Å². The van der Waals surface area contributed by atoms with E-state index in [2.05, 4.69) is 31.8 Å². The molecule has 0 spiro atoms. The Hall–Kier alpha value is -5.65. The SMILES string of the molecule is Cn1cc(-c2ccc(N(C(=O)NCc3ccccc3)C3CCC(Nc4ncc(C#N)c(-c5ccc(S(N)(=O)=O)cc5)n4)CC3)nc2)cn1. The molecule has 1 fully saturated rings. The van der Waals surface area contributed by atoms with E-state index < -0.39 is 10.0 Å². The number of primary sulfonamides is 1. The lowest BCUT2D eigenvalue weighted by Crippen LogP contribution is -2.49. The molecule has 244 valence electrons. The lowest BCUT2D eigenvalue weighted by atomic mass is 9.90. The second-order valence-electron chi connectivity index (χ2n) is 11.6. The number of sulfonamides is 1. The van der Waals surface area contributed by atoms with Crippen LogP contribution in [-0.4, -0.2) is 51.3 Å². The third-order valence-electron chi connectivity index (χ3n) is 8.30. The van der Waals surface area contributed by atoms with Crippen LogP contribution in [0.5, 0.6) is 0 Å². The Morgan fingerprint density at radius 3 is 2.31 bits per heavy atom. The van der Waals surface area contributed by atoms with Gasteiger partial charge >= 0.3 is 6.03 Å². The summed E-state index contributed by atoms with van der Waals surface area (Å²) in [5.41, 5.74) is 4.05. The maximum absolute atomic E-state index is 13.7. The molecule has 0 saturated heterocycles. The Kier molecular flexibility index (Phi) is 9.42. The molecule has 5 aromatic rings. The smallest absolute Gasteiger partial charge is 0.323 e. The Morgan fingerprint density at radius 1 is 0.958 bits per heavy atom. The first kappa shape index (κ1) is 32.3. The number of hydrogen-bond donors (Lipinski definition) is 3. The Bertz CT molecular complexity index is 2040. The summed E-state index contributed by atoms with van der Waals surface area (Å²) in [6.07, 6.45) is 9.80. The van der Waals surface area contributed by atoms with Crippen molar-refractivity contribution < 1.29 is 13.2 Å². The number of aryl methyl sites for hydroxylation is 1. The van der Waals surface area contributed by atoms with Gasteiger partial charge in [-0.15, -0.1) is 0 Å². The number of nitrogens with zero attached hydrogens (tertiary/aromatic N) is 7. The average Bonchev–Trinajstić information content (AvgIpc) is 3.54. The van der Waals surface area contributed by atoms with Crippen LogP contribution < -0.4 is 20.7 Å². The van der Waals surface area contributed by atoms with Gasteiger partial charge in [0, 0.05) is 54.8 Å². The van der Waals surface area contributed by atoms with Crippen LogP contribution in [0.25, 0.3) is 22.4 Å². The van der Waals surface area contributed by atoms with Crippen LogP contribution >= 0.6 is 0 Å². The van der Waals surface area contributed by atoms with E-state index in [1.165, 1.54) is 18.3 Å². The monoisotopic (exact) mass is 662 g/mol. The van der Waals surface area contributed by atoms with E-state index in [-0.39, 0.29) is 28.6 Å². The van der Waals surface area contributed by atoms with Gasteiger partial charge in [-0.1, -0.05) is 42.5 Å². The van der Waals surface area contributed by atoms with Gasteiger partial charge in [-0.3, -0.25) is 9.58 Å². The molecule has 0 aliphatic heterocycles. The van der Waals surface area contributed by atoms with Crippen LogP contribution in [0.3, 0.4) is 0 Å². The maximum Gasteiger partial charge on any atom is 0.323 e. The van der Waals surface area contributed by atoms with Crippen LogP contribution in [0.15, 0.2) is 96.4 Å². The Balaban J connectivity index is 1.17. The molecule has 4 N–H and O–H groups in total. The Labute approximate surface area is 278 Å². The lowest BCUT2D eigenvalue weighted by Gasteiger charge is -2.36. The number of pyridine rings is 1. The van der Waals surface area contributed by atoms with E-state index in [1.54, 1.807) is 34.1 Å². The van der Waals surface area contributed by atoms with Crippen LogP contribution in [0.1, 0.15) is 36.8 Å². The van der Waals surface area contributed by atoms with Crippen molar-refractivity contribution in [3.8, 4) is 28.5 Å². The summed E-state index contributed by atoms with van der Waals surface area (Å²) >= 11 is 0. The van der Waals surface area contributed by atoms with Gasteiger partial charge in [-0.05, 0) is 55.5 Å². The van der Waals surface area contributed by atoms with Gasteiger partial charge in [-0.25, -0.2) is 33.3 Å². The number of benzene rings is 2. The molecule has 3 aromatic heterocycles. The van der Waals surface area contributed by atoms with Crippen molar-refractivity contribution in [3.05, 3.63) is 103 Å². The van der Waals surface area contributed by atoms with E-state index in [0.717, 1.165) is 29.5 Å². The van der Waals surface area contributed by atoms with Crippen LogP contribution in [0.2, 0.25) is 0 Å². The normalized spacial score (nSPS) is 16.1. The van der Waals surface area contributed by atoms with Crippen LogP contribution in [0, 0.1) is 11.3 Å². The van der Waals surface area contributed by atoms with E-state index in [4.69, 9.17) is 10.1 Å². The summed E-state index contributed by atoms with van der Waals surface area (Å²) in [5, 5.41) is 25.6. The third kappa shape index (κ3) is 7.49. The quantitative estimate of drug-likeness (QED) is 0.203. The molecule has 0 bridgehead atoms. The molecule has 2 aromatic carbocycles. The van der Waals surface area contributed by atoms with Gasteiger partial charge in [0.1, 0.15) is 11.9 Å². The standard InChI is InChI=1S/C34H34N10O3S/c1-43-22-27(21-40-43)25-9-16-31(37-19-25)44(34(45)39-18-23-5-3-2-4-6-23)29-12-10-28(11-13-29)41-33-38-20-26(17-35)32(42-33)24-7-14-30(15-8-24)48(36,46)47/h2-9,14-16,19-22,28-29H,10-13,18H2,1H3,(H,39,45)(H2,36,46,47)(H,38,41,42). The predicted octanol–water partition coefficient (Wildman–Crippen LogP) is 4.60. The average molecular weight is 663 g/mol. The minimum Gasteiger partial charge on any atom is -0.351 e. The third-order valence-corrected chi connectivity index (χ3v) is 9.23. The zero-order chi connectivity index (χ0) is 33.7. The van der Waals surface area contributed by atoms with Crippen LogP contribution in [-0.2, 0) is 23.6 Å². The summed E-state index contributed by atoms with van der Waals surface area (Å²) in [6.45, 7) is 0.393. The van der Waals surface area contributed by atoms with E-state index in [0.29, 0.717) is 42.4 Å². The van der Waals surface area contributed by atoms with Crippen molar-refractivity contribution >= 4 is 27.8 Å². The molecule has 13 nitrogen and oxygen atoms in total. The zero-order valence-electron chi connectivity index (χ0n) is 26.2. The fourth-order valence-electron chi connectivity index (χ4n) is 5.80. The summed E-state index contributed by atoms with van der Waals surface area (Å²) in [6, 6.07) is 21.3. The van der Waals surface area contributed by atoms with Crippen molar-refractivity contribution in [3.63, 3.8) is 0 Å². The molecule has 2 amide bonds. The minimum absolute atomic E-state index is 0.0296. The number of hydrogen-bond acceptors (Lipinski definition) is 9. The molecule has 14 heteroatoms. The molecular weight excluding hydrogens is 629 g/mol. The number of carbonyl (C=O) groups excluding carboxylic acids is 1. The molecule has 0 unspecified atom stereocenters. The van der Waals surface area contributed by atoms with E-state index in [1.807, 2.05) is 55.7 Å². The van der Waals surface area contributed by atoms with Gasteiger partial charge in [0.15, 0.2) is 0 Å². The molecule has 6 rings (SSSR count). The number of aromatic nitrogens is 5. The first-order valence-corrected chi connectivity index (χ1v) is 17.0. The predicted molar refractivity (Wildman–Crippen MR) is 181 cm³/mol. The highest BCUT2D eigenvalue weighted by atomic mass is 32.2. The number of amides is 2. The number of nitrogens with one attached hydrogen (secondary N) is 2. The van der Waals surface area contributed by atoms with E-state index in [9.17, 15) is 18.5 Å². The van der Waals surface area contributed by atoms with Crippen molar-refractivity contribution in [2.45, 2.75) is 49.2 Å². The number of nitriles is 1. The Morgan fingerprint density at radius 2 is 1.69 bits per heavy atom. The zero-order valence-corrected chi connectivity index (χ0v) is 27.0. The van der Waals surface area contributed by atoms with Crippen molar-refractivity contribution in [2.75, 3.05) is 10.2 Å². The molecule has 48 heavy (non-hydrogen) atoms. The summed E-state index contributed by atoms with van der Waals surface area (Å²) in [7, 11) is -1.99. The highest BCUT2D eigenvalue weighted by Gasteiger charge is 2.31. The first-order chi connectivity index (χ1) is 23.2. The van der Waals surface area contributed by atoms with Gasteiger partial charge in [0.2, 0.25) is 16.0 Å². The second-order valence-corrected chi connectivity index (χ2v) is 13.2. The van der Waals surface area contributed by atoms with E-state index >= 15 is 0 Å². The molecule has 1 saturated carbocycles. The van der Waals surface area contributed by atoms with Crippen molar-refractivity contribution in [1.82, 2.24) is 30.0 Å². The highest BCUT2D eigenvalue weighted by Crippen LogP contribution is 2.30. The lowest BCUT2D eigenvalue weighted by molar-refractivity contribution is 0.240. The van der Waals surface area contributed by atoms with Crippen molar-refractivity contribution in [1.29, 1.82) is 5.26 Å². The molecule has 0 atom stereocenters. The molecular formula is C34H34N10O3S. The number of nitrogens with two attached hydrogens (primary N) is 1. The fraction of sp³-hybridized carbons (Fsp3) is 0.235. The number of urea groups is 1. The van der Waals surface area contributed by atoms with Gasteiger partial charge in [0.25, 0.3) is 0 Å². The molecule has 0 radical (unpaired) electrons.